The van der Waals surface area contributed by atoms with Gasteiger partial charge in [0.15, 0.2) is 0 Å². The number of unbranched alkanes of at least 4 members (excludes halogenated alkanes) is 3. The summed E-state index contributed by atoms with van der Waals surface area (Å²) in [7, 11) is 0. The Bertz CT molecular complexity index is 234. The molecule has 1 aliphatic heterocycles. The molecule has 0 aromatic carbocycles. The Morgan fingerprint density at radius 1 is 1.22 bits per heavy atom. The predicted molar refractivity (Wildman–Crippen MR) is 73.2 cm³/mol. The standard InChI is InChI=1S/C14H28N2O2/c15-10-4-2-1-3-9-14(18)16-11-5-7-13(16)8-6-12-17/h13,17H,1-12,15H2. The summed E-state index contributed by atoms with van der Waals surface area (Å²) in [6, 6.07) is 0.383. The highest BCUT2D eigenvalue weighted by Crippen LogP contribution is 2.22. The van der Waals surface area contributed by atoms with Crippen LogP contribution in [0.4, 0.5) is 0 Å². The Balaban J connectivity index is 2.18. The lowest BCUT2D eigenvalue weighted by Crippen LogP contribution is -2.35. The largest absolute Gasteiger partial charge is 0.396 e. The molecule has 1 amide bonds. The minimum Gasteiger partial charge on any atom is -0.396 e. The average Bonchev–Trinajstić information content (AvgIpc) is 2.84. The number of nitrogens with two attached hydrogens (primary N) is 1. The number of carbonyl (C=O) groups is 1. The molecule has 18 heavy (non-hydrogen) atoms. The molecule has 0 spiro atoms. The van der Waals surface area contributed by atoms with Crippen LogP contribution in [0.25, 0.3) is 0 Å². The van der Waals surface area contributed by atoms with Gasteiger partial charge in [0.2, 0.25) is 5.91 Å². The molecule has 1 atom stereocenters. The van der Waals surface area contributed by atoms with Crippen molar-refractivity contribution in [2.45, 2.75) is 63.8 Å². The quantitative estimate of drug-likeness (QED) is 0.617. The minimum atomic E-state index is 0.234. The van der Waals surface area contributed by atoms with E-state index < -0.39 is 0 Å². The normalized spacial score (nSPS) is 19.4. The third-order valence-electron chi connectivity index (χ3n) is 3.74. The van der Waals surface area contributed by atoms with Gasteiger partial charge in [-0.1, -0.05) is 12.8 Å². The third-order valence-corrected chi connectivity index (χ3v) is 3.74. The number of likely N-dealkylation sites (tertiary alicyclic amines) is 1. The molecule has 0 aromatic heterocycles. The second kappa shape index (κ2) is 9.34. The summed E-state index contributed by atoms with van der Waals surface area (Å²) in [5.41, 5.74) is 5.44. The molecule has 1 saturated heterocycles. The van der Waals surface area contributed by atoms with E-state index in [1.807, 2.05) is 4.90 Å². The SMILES string of the molecule is NCCCCCCC(=O)N1CCCC1CCCO. The molecule has 1 aliphatic rings. The lowest BCUT2D eigenvalue weighted by atomic mass is 10.1. The fraction of sp³-hybridized carbons (Fsp3) is 0.929. The Morgan fingerprint density at radius 2 is 2.00 bits per heavy atom. The van der Waals surface area contributed by atoms with Crippen molar-refractivity contribution in [1.29, 1.82) is 0 Å². The molecule has 4 heteroatoms. The molecule has 0 bridgehead atoms. The Hall–Kier alpha value is -0.610. The van der Waals surface area contributed by atoms with Gasteiger partial charge in [-0.15, -0.1) is 0 Å². The summed E-state index contributed by atoms with van der Waals surface area (Å²) in [5.74, 6) is 0.309. The predicted octanol–water partition coefficient (Wildman–Crippen LogP) is 1.66. The summed E-state index contributed by atoms with van der Waals surface area (Å²) in [4.78, 5) is 14.1. The summed E-state index contributed by atoms with van der Waals surface area (Å²) in [5, 5.41) is 8.86. The number of aliphatic hydroxyl groups is 1. The van der Waals surface area contributed by atoms with Crippen LogP contribution in [0.5, 0.6) is 0 Å². The van der Waals surface area contributed by atoms with E-state index in [1.54, 1.807) is 0 Å². The second-order valence-corrected chi connectivity index (χ2v) is 5.20. The van der Waals surface area contributed by atoms with Crippen LogP contribution >= 0.6 is 0 Å². The van der Waals surface area contributed by atoms with E-state index in [0.29, 0.717) is 18.4 Å². The first-order valence-corrected chi connectivity index (χ1v) is 7.40. The maximum Gasteiger partial charge on any atom is 0.222 e. The monoisotopic (exact) mass is 256 g/mol. The molecule has 106 valence electrons. The van der Waals surface area contributed by atoms with E-state index in [-0.39, 0.29) is 6.61 Å². The van der Waals surface area contributed by atoms with Gasteiger partial charge in [-0.3, -0.25) is 4.79 Å². The van der Waals surface area contributed by atoms with E-state index in [9.17, 15) is 4.79 Å². The van der Waals surface area contributed by atoms with Crippen molar-refractivity contribution in [3.63, 3.8) is 0 Å². The highest BCUT2D eigenvalue weighted by atomic mass is 16.3. The molecule has 0 aliphatic carbocycles. The highest BCUT2D eigenvalue weighted by molar-refractivity contribution is 5.76. The van der Waals surface area contributed by atoms with Crippen molar-refractivity contribution in [3.8, 4) is 0 Å². The fourth-order valence-corrected chi connectivity index (χ4v) is 2.71. The maximum absolute atomic E-state index is 12.1. The number of hydrogen-bond acceptors (Lipinski definition) is 3. The van der Waals surface area contributed by atoms with E-state index in [2.05, 4.69) is 0 Å². The van der Waals surface area contributed by atoms with Gasteiger partial charge in [0.05, 0.1) is 0 Å². The topological polar surface area (TPSA) is 66.6 Å². The van der Waals surface area contributed by atoms with E-state index >= 15 is 0 Å². The Kier molecular flexibility index (Phi) is 8.01. The lowest BCUT2D eigenvalue weighted by molar-refractivity contribution is -0.132. The molecular formula is C14H28N2O2. The molecule has 1 unspecified atom stereocenters. The zero-order valence-corrected chi connectivity index (χ0v) is 11.4. The Labute approximate surface area is 111 Å². The summed E-state index contributed by atoms with van der Waals surface area (Å²) >= 11 is 0. The van der Waals surface area contributed by atoms with E-state index in [0.717, 1.165) is 64.5 Å². The number of aliphatic hydroxyl groups excluding tert-OH is 1. The zero-order valence-electron chi connectivity index (χ0n) is 11.4. The summed E-state index contributed by atoms with van der Waals surface area (Å²) < 4.78 is 0. The average molecular weight is 256 g/mol. The molecular weight excluding hydrogens is 228 g/mol. The van der Waals surface area contributed by atoms with Crippen molar-refractivity contribution < 1.29 is 9.90 Å². The molecule has 1 heterocycles. The van der Waals surface area contributed by atoms with E-state index in [4.69, 9.17) is 10.8 Å². The van der Waals surface area contributed by atoms with Gasteiger partial charge in [0.25, 0.3) is 0 Å². The van der Waals surface area contributed by atoms with Gasteiger partial charge in [-0.25, -0.2) is 0 Å². The number of amides is 1. The number of carbonyl (C=O) groups excluding carboxylic acids is 1. The molecule has 1 fully saturated rings. The van der Waals surface area contributed by atoms with Crippen LogP contribution in [0.1, 0.15) is 57.8 Å². The van der Waals surface area contributed by atoms with Crippen LogP contribution < -0.4 is 5.73 Å². The van der Waals surface area contributed by atoms with Crippen LogP contribution in [0.15, 0.2) is 0 Å². The zero-order chi connectivity index (χ0) is 13.2. The van der Waals surface area contributed by atoms with Gasteiger partial charge >= 0.3 is 0 Å². The number of hydrogen-bond donors (Lipinski definition) is 2. The molecule has 0 saturated carbocycles. The molecule has 0 aromatic rings. The first-order chi connectivity index (χ1) is 8.79. The van der Waals surface area contributed by atoms with Crippen LogP contribution in [0.2, 0.25) is 0 Å². The van der Waals surface area contributed by atoms with Gasteiger partial charge in [-0.05, 0) is 45.1 Å². The van der Waals surface area contributed by atoms with Crippen molar-refractivity contribution in [2.75, 3.05) is 19.7 Å². The smallest absolute Gasteiger partial charge is 0.222 e. The van der Waals surface area contributed by atoms with Gasteiger partial charge in [-0.2, -0.15) is 0 Å². The van der Waals surface area contributed by atoms with Crippen molar-refractivity contribution >= 4 is 5.91 Å². The second-order valence-electron chi connectivity index (χ2n) is 5.20. The number of rotatable bonds is 9. The van der Waals surface area contributed by atoms with Crippen LogP contribution in [0, 0.1) is 0 Å². The summed E-state index contributed by atoms with van der Waals surface area (Å²) in [6.45, 7) is 1.90. The molecule has 0 radical (unpaired) electrons. The number of nitrogens with zero attached hydrogens (tertiary/aromatic N) is 1. The van der Waals surface area contributed by atoms with Crippen molar-refractivity contribution in [3.05, 3.63) is 0 Å². The highest BCUT2D eigenvalue weighted by Gasteiger charge is 2.27. The first kappa shape index (κ1) is 15.4. The summed E-state index contributed by atoms with van der Waals surface area (Å²) in [6.07, 6.45) is 8.98. The van der Waals surface area contributed by atoms with Crippen LogP contribution in [-0.4, -0.2) is 41.7 Å². The Morgan fingerprint density at radius 3 is 2.72 bits per heavy atom. The van der Waals surface area contributed by atoms with E-state index in [1.165, 1.54) is 0 Å². The van der Waals surface area contributed by atoms with Gasteiger partial charge < -0.3 is 15.7 Å². The van der Waals surface area contributed by atoms with Crippen molar-refractivity contribution in [2.24, 2.45) is 5.73 Å². The lowest BCUT2D eigenvalue weighted by Gasteiger charge is -2.24. The third kappa shape index (κ3) is 5.36. The molecule has 3 N–H and O–H groups in total. The first-order valence-electron chi connectivity index (χ1n) is 7.40. The molecule has 4 nitrogen and oxygen atoms in total. The maximum atomic E-state index is 12.1. The van der Waals surface area contributed by atoms with Gasteiger partial charge in [0, 0.05) is 25.6 Å². The fourth-order valence-electron chi connectivity index (χ4n) is 2.71. The van der Waals surface area contributed by atoms with Gasteiger partial charge in [0.1, 0.15) is 0 Å². The minimum absolute atomic E-state index is 0.234. The van der Waals surface area contributed by atoms with Crippen molar-refractivity contribution in [1.82, 2.24) is 4.90 Å². The van der Waals surface area contributed by atoms with Crippen LogP contribution in [-0.2, 0) is 4.79 Å². The van der Waals surface area contributed by atoms with Crippen LogP contribution in [0.3, 0.4) is 0 Å². The molecule has 1 rings (SSSR count).